The van der Waals surface area contributed by atoms with Gasteiger partial charge in [-0.25, -0.2) is 0 Å². The molecule has 13 heavy (non-hydrogen) atoms. The van der Waals surface area contributed by atoms with E-state index in [0.29, 0.717) is 0 Å². The third-order valence-electron chi connectivity index (χ3n) is 3.02. The molecule has 1 N–H and O–H groups in total. The van der Waals surface area contributed by atoms with E-state index in [4.69, 9.17) is 0 Å². The van der Waals surface area contributed by atoms with Crippen molar-refractivity contribution in [2.45, 2.75) is 39.5 Å². The molecule has 0 bridgehead atoms. The van der Waals surface area contributed by atoms with Crippen LogP contribution in [0.5, 0.6) is 0 Å². The van der Waals surface area contributed by atoms with Gasteiger partial charge in [-0.1, -0.05) is 45.3 Å². The molecule has 0 unspecified atom stereocenters. The van der Waals surface area contributed by atoms with Gasteiger partial charge in [0, 0.05) is 19.0 Å². The first-order chi connectivity index (χ1) is 6.24. The van der Waals surface area contributed by atoms with Crippen molar-refractivity contribution in [3.63, 3.8) is 0 Å². The van der Waals surface area contributed by atoms with Gasteiger partial charge < -0.3 is 5.32 Å². The molecule has 1 aliphatic heterocycles. The van der Waals surface area contributed by atoms with Gasteiger partial charge in [0.05, 0.1) is 0 Å². The second kappa shape index (κ2) is 5.43. The lowest BCUT2D eigenvalue weighted by molar-refractivity contribution is 0.371. The Morgan fingerprint density at radius 3 is 2.69 bits per heavy atom. The predicted octanol–water partition coefficient (Wildman–Crippen LogP) is 2.98. The summed E-state index contributed by atoms with van der Waals surface area (Å²) in [6.07, 6.45) is 5.31. The van der Waals surface area contributed by atoms with Crippen LogP contribution < -0.4 is 5.32 Å². The van der Waals surface area contributed by atoms with E-state index in [-0.39, 0.29) is 0 Å². The zero-order valence-electron chi connectivity index (χ0n) is 9.10. The number of unbranched alkanes of at least 4 members (excludes halogenated alkanes) is 1. The molecular formula is C12H23N. The van der Waals surface area contributed by atoms with E-state index in [1.807, 2.05) is 0 Å². The van der Waals surface area contributed by atoms with E-state index >= 15 is 0 Å². The Morgan fingerprint density at radius 1 is 1.54 bits per heavy atom. The Morgan fingerprint density at radius 2 is 2.23 bits per heavy atom. The molecular weight excluding hydrogens is 158 g/mol. The smallest absolute Gasteiger partial charge is 0.00448 e. The zero-order valence-corrected chi connectivity index (χ0v) is 9.10. The van der Waals surface area contributed by atoms with Crippen LogP contribution >= 0.6 is 0 Å². The summed E-state index contributed by atoms with van der Waals surface area (Å²) in [7, 11) is 0. The van der Waals surface area contributed by atoms with Crippen LogP contribution in [0, 0.1) is 11.8 Å². The Hall–Kier alpha value is -0.300. The molecule has 0 saturated carbocycles. The van der Waals surface area contributed by atoms with Gasteiger partial charge in [0.2, 0.25) is 0 Å². The lowest BCUT2D eigenvalue weighted by atomic mass is 9.86. The molecule has 0 aromatic heterocycles. The first kappa shape index (κ1) is 10.8. The molecule has 0 aliphatic carbocycles. The number of nitrogens with one attached hydrogen (secondary N) is 1. The van der Waals surface area contributed by atoms with Gasteiger partial charge in [-0.2, -0.15) is 0 Å². The van der Waals surface area contributed by atoms with E-state index in [2.05, 4.69) is 25.7 Å². The van der Waals surface area contributed by atoms with Crippen LogP contribution in [-0.2, 0) is 0 Å². The van der Waals surface area contributed by atoms with Gasteiger partial charge in [-0.05, 0) is 12.3 Å². The minimum Gasteiger partial charge on any atom is -0.315 e. The highest BCUT2D eigenvalue weighted by atomic mass is 14.9. The van der Waals surface area contributed by atoms with Crippen molar-refractivity contribution < 1.29 is 0 Å². The third kappa shape index (κ3) is 3.51. The van der Waals surface area contributed by atoms with Crippen LogP contribution in [0.15, 0.2) is 12.2 Å². The molecule has 0 aromatic rings. The Bertz CT molecular complexity index is 159. The van der Waals surface area contributed by atoms with Crippen LogP contribution in [0.3, 0.4) is 0 Å². The summed E-state index contributed by atoms with van der Waals surface area (Å²) in [5.74, 6) is 1.62. The summed E-state index contributed by atoms with van der Waals surface area (Å²) in [5, 5.41) is 3.30. The molecule has 1 heterocycles. The molecule has 0 aromatic carbocycles. The molecule has 1 saturated heterocycles. The first-order valence-electron chi connectivity index (χ1n) is 5.62. The van der Waals surface area contributed by atoms with Gasteiger partial charge >= 0.3 is 0 Å². The summed E-state index contributed by atoms with van der Waals surface area (Å²) in [6.45, 7) is 11.1. The maximum atomic E-state index is 4.18. The largest absolute Gasteiger partial charge is 0.315 e. The minimum absolute atomic E-state index is 0.782. The summed E-state index contributed by atoms with van der Waals surface area (Å²) in [4.78, 5) is 0. The normalized spacial score (nSPS) is 19.5. The fourth-order valence-electron chi connectivity index (χ4n) is 1.85. The second-order valence-corrected chi connectivity index (χ2v) is 4.46. The average molecular weight is 181 g/mol. The van der Waals surface area contributed by atoms with E-state index in [1.54, 1.807) is 0 Å². The fourth-order valence-corrected chi connectivity index (χ4v) is 1.85. The SMILES string of the molecule is C=C(C[C@H](C)CCCC)C1CNC1. The molecule has 0 amide bonds. The Balaban J connectivity index is 2.11. The monoisotopic (exact) mass is 181 g/mol. The third-order valence-corrected chi connectivity index (χ3v) is 3.02. The van der Waals surface area contributed by atoms with Gasteiger partial charge in [0.15, 0.2) is 0 Å². The van der Waals surface area contributed by atoms with Crippen LogP contribution in [0.2, 0.25) is 0 Å². The van der Waals surface area contributed by atoms with Crippen LogP contribution in [0.25, 0.3) is 0 Å². The van der Waals surface area contributed by atoms with Crippen LogP contribution in [0.1, 0.15) is 39.5 Å². The highest BCUT2D eigenvalue weighted by Crippen LogP contribution is 2.23. The molecule has 0 spiro atoms. The second-order valence-electron chi connectivity index (χ2n) is 4.46. The van der Waals surface area contributed by atoms with Crippen molar-refractivity contribution in [1.29, 1.82) is 0 Å². The molecule has 1 atom stereocenters. The number of hydrogen-bond donors (Lipinski definition) is 1. The molecule has 0 radical (unpaired) electrons. The molecule has 1 aliphatic rings. The van der Waals surface area contributed by atoms with E-state index in [9.17, 15) is 0 Å². The van der Waals surface area contributed by atoms with Gasteiger partial charge in [-0.3, -0.25) is 0 Å². The van der Waals surface area contributed by atoms with Crippen molar-refractivity contribution in [3.05, 3.63) is 12.2 Å². The van der Waals surface area contributed by atoms with E-state index in [0.717, 1.165) is 11.8 Å². The van der Waals surface area contributed by atoms with Crippen molar-refractivity contribution in [1.82, 2.24) is 5.32 Å². The molecule has 76 valence electrons. The first-order valence-corrected chi connectivity index (χ1v) is 5.62. The van der Waals surface area contributed by atoms with Crippen molar-refractivity contribution in [2.24, 2.45) is 11.8 Å². The van der Waals surface area contributed by atoms with Crippen LogP contribution in [-0.4, -0.2) is 13.1 Å². The highest BCUT2D eigenvalue weighted by Gasteiger charge is 2.20. The lowest BCUT2D eigenvalue weighted by Gasteiger charge is -2.30. The minimum atomic E-state index is 0.782. The Labute approximate surface area is 82.6 Å². The van der Waals surface area contributed by atoms with Gasteiger partial charge in [0.25, 0.3) is 0 Å². The average Bonchev–Trinajstić information content (AvgIpc) is 1.97. The van der Waals surface area contributed by atoms with E-state index < -0.39 is 0 Å². The van der Waals surface area contributed by atoms with E-state index in [1.165, 1.54) is 44.3 Å². The quantitative estimate of drug-likeness (QED) is 0.621. The Kier molecular flexibility index (Phi) is 4.51. The number of hydrogen-bond acceptors (Lipinski definition) is 1. The van der Waals surface area contributed by atoms with Crippen molar-refractivity contribution in [3.8, 4) is 0 Å². The molecule has 1 heteroatoms. The number of rotatable bonds is 6. The fraction of sp³-hybridized carbons (Fsp3) is 0.833. The molecule has 1 fully saturated rings. The highest BCUT2D eigenvalue weighted by molar-refractivity contribution is 5.06. The summed E-state index contributed by atoms with van der Waals surface area (Å²) in [6, 6.07) is 0. The van der Waals surface area contributed by atoms with Gasteiger partial charge in [0.1, 0.15) is 0 Å². The molecule has 1 nitrogen and oxygen atoms in total. The zero-order chi connectivity index (χ0) is 9.68. The summed E-state index contributed by atoms with van der Waals surface area (Å²) < 4.78 is 0. The summed E-state index contributed by atoms with van der Waals surface area (Å²) in [5.41, 5.74) is 1.47. The standard InChI is InChI=1S/C12H23N/c1-4-5-6-10(2)7-11(3)12-8-13-9-12/h10,12-13H,3-9H2,1-2H3/t10-/m1/s1. The molecule has 1 rings (SSSR count). The van der Waals surface area contributed by atoms with Gasteiger partial charge in [-0.15, -0.1) is 0 Å². The van der Waals surface area contributed by atoms with Crippen molar-refractivity contribution in [2.75, 3.05) is 13.1 Å². The topological polar surface area (TPSA) is 12.0 Å². The lowest BCUT2D eigenvalue weighted by Crippen LogP contribution is -2.42. The predicted molar refractivity (Wildman–Crippen MR) is 58.8 cm³/mol. The van der Waals surface area contributed by atoms with Crippen molar-refractivity contribution >= 4 is 0 Å². The maximum absolute atomic E-state index is 4.18. The summed E-state index contributed by atoms with van der Waals surface area (Å²) >= 11 is 0. The van der Waals surface area contributed by atoms with Crippen LogP contribution in [0.4, 0.5) is 0 Å². The maximum Gasteiger partial charge on any atom is 0.00448 e.